The number of carbonyl (C=O) groups excluding carboxylic acids is 2. The molecule has 0 saturated carbocycles. The van der Waals surface area contributed by atoms with E-state index in [-0.39, 0.29) is 11.8 Å². The van der Waals surface area contributed by atoms with Gasteiger partial charge in [0.15, 0.2) is 0 Å². The van der Waals surface area contributed by atoms with Gasteiger partial charge in [0.1, 0.15) is 5.69 Å². The Hall–Kier alpha value is -2.76. The second-order valence-electron chi connectivity index (χ2n) is 6.91. The van der Waals surface area contributed by atoms with E-state index in [1.54, 1.807) is 11.1 Å². The first-order valence-corrected chi connectivity index (χ1v) is 9.53. The van der Waals surface area contributed by atoms with Crippen molar-refractivity contribution >= 4 is 11.8 Å². The Labute approximate surface area is 160 Å². The van der Waals surface area contributed by atoms with Crippen LogP contribution in [0.1, 0.15) is 41.0 Å². The third kappa shape index (κ3) is 5.36. The number of carbonyl (C=O) groups is 2. The van der Waals surface area contributed by atoms with E-state index in [1.807, 2.05) is 42.2 Å². The number of rotatable bonds is 7. The molecule has 0 unspecified atom stereocenters. The van der Waals surface area contributed by atoms with Crippen LogP contribution in [0, 0.1) is 6.92 Å². The molecule has 0 bridgehead atoms. The van der Waals surface area contributed by atoms with Gasteiger partial charge in [-0.1, -0.05) is 30.3 Å². The minimum absolute atomic E-state index is 0.125. The second-order valence-corrected chi connectivity index (χ2v) is 6.91. The van der Waals surface area contributed by atoms with Gasteiger partial charge >= 0.3 is 0 Å². The van der Waals surface area contributed by atoms with E-state index < -0.39 is 0 Å². The maximum Gasteiger partial charge on any atom is 0.274 e. The molecule has 2 heterocycles. The van der Waals surface area contributed by atoms with E-state index in [2.05, 4.69) is 9.97 Å². The molecule has 0 spiro atoms. The van der Waals surface area contributed by atoms with E-state index in [0.29, 0.717) is 25.2 Å². The minimum atomic E-state index is -0.173. The molecule has 1 aliphatic rings. The van der Waals surface area contributed by atoms with Crippen molar-refractivity contribution in [1.29, 1.82) is 0 Å². The van der Waals surface area contributed by atoms with Crippen molar-refractivity contribution in [2.24, 2.45) is 0 Å². The fraction of sp³-hybridized carbons (Fsp3) is 0.429. The predicted octanol–water partition coefficient (Wildman–Crippen LogP) is 2.48. The van der Waals surface area contributed by atoms with Crippen molar-refractivity contribution in [2.75, 3.05) is 26.2 Å². The summed E-state index contributed by atoms with van der Waals surface area (Å²) in [4.78, 5) is 37.3. The fourth-order valence-electron chi connectivity index (χ4n) is 3.24. The first-order valence-electron chi connectivity index (χ1n) is 9.53. The molecule has 1 saturated heterocycles. The van der Waals surface area contributed by atoms with Crippen LogP contribution in [-0.2, 0) is 11.2 Å². The van der Waals surface area contributed by atoms with Crippen LogP contribution in [0.15, 0.2) is 42.7 Å². The normalized spacial score (nSPS) is 13.6. The smallest absolute Gasteiger partial charge is 0.274 e. The Morgan fingerprint density at radius 1 is 1.04 bits per heavy atom. The molecule has 0 atom stereocenters. The van der Waals surface area contributed by atoms with Gasteiger partial charge in [-0.2, -0.15) is 0 Å². The Morgan fingerprint density at radius 2 is 1.78 bits per heavy atom. The summed E-state index contributed by atoms with van der Waals surface area (Å²) in [5, 5.41) is 0. The van der Waals surface area contributed by atoms with Crippen LogP contribution in [0.2, 0.25) is 0 Å². The summed E-state index contributed by atoms with van der Waals surface area (Å²) in [6.07, 6.45) is 6.33. The van der Waals surface area contributed by atoms with Gasteiger partial charge in [0, 0.05) is 38.8 Å². The zero-order valence-corrected chi connectivity index (χ0v) is 15.8. The number of aryl methyl sites for hydroxylation is 1. The largest absolute Gasteiger partial charge is 0.343 e. The van der Waals surface area contributed by atoms with E-state index in [9.17, 15) is 9.59 Å². The molecule has 27 heavy (non-hydrogen) atoms. The topological polar surface area (TPSA) is 66.4 Å². The van der Waals surface area contributed by atoms with Gasteiger partial charge in [0.25, 0.3) is 5.91 Å². The lowest BCUT2D eigenvalue weighted by Crippen LogP contribution is -2.37. The van der Waals surface area contributed by atoms with E-state index in [0.717, 1.165) is 43.6 Å². The Bertz CT molecular complexity index is 756. The van der Waals surface area contributed by atoms with Crippen LogP contribution < -0.4 is 0 Å². The molecule has 1 aromatic carbocycles. The van der Waals surface area contributed by atoms with Crippen LogP contribution in [0.25, 0.3) is 0 Å². The number of nitrogens with zero attached hydrogens (tertiary/aromatic N) is 4. The van der Waals surface area contributed by atoms with Crippen molar-refractivity contribution in [1.82, 2.24) is 19.8 Å². The van der Waals surface area contributed by atoms with Gasteiger partial charge in [0.05, 0.1) is 11.9 Å². The molecule has 6 heteroatoms. The molecule has 0 N–H and O–H groups in total. The highest BCUT2D eigenvalue weighted by atomic mass is 16.2. The maximum absolute atomic E-state index is 12.9. The first-order chi connectivity index (χ1) is 13.1. The summed E-state index contributed by atoms with van der Waals surface area (Å²) < 4.78 is 0. The minimum Gasteiger partial charge on any atom is -0.343 e. The zero-order valence-electron chi connectivity index (χ0n) is 15.8. The quantitative estimate of drug-likeness (QED) is 0.755. The summed E-state index contributed by atoms with van der Waals surface area (Å²) in [5.41, 5.74) is 2.25. The highest BCUT2D eigenvalue weighted by Gasteiger charge is 2.22. The Balaban J connectivity index is 1.66. The van der Waals surface area contributed by atoms with Crippen molar-refractivity contribution in [3.63, 3.8) is 0 Å². The molecule has 1 fully saturated rings. The predicted molar refractivity (Wildman–Crippen MR) is 103 cm³/mol. The molecule has 2 amide bonds. The number of likely N-dealkylation sites (tertiary alicyclic amines) is 1. The summed E-state index contributed by atoms with van der Waals surface area (Å²) in [6.45, 7) is 4.45. The molecule has 6 nitrogen and oxygen atoms in total. The molecule has 2 aromatic rings. The lowest BCUT2D eigenvalue weighted by Gasteiger charge is -2.24. The van der Waals surface area contributed by atoms with E-state index >= 15 is 0 Å². The number of aromatic nitrogens is 2. The van der Waals surface area contributed by atoms with Crippen LogP contribution in [0.5, 0.6) is 0 Å². The van der Waals surface area contributed by atoms with E-state index in [4.69, 9.17) is 0 Å². The highest BCUT2D eigenvalue weighted by Crippen LogP contribution is 2.11. The number of hydrogen-bond donors (Lipinski definition) is 0. The molecule has 142 valence electrons. The van der Waals surface area contributed by atoms with Crippen molar-refractivity contribution in [2.45, 2.75) is 32.6 Å². The molecule has 0 aliphatic carbocycles. The summed E-state index contributed by atoms with van der Waals surface area (Å²) in [5.74, 6) is -0.0485. The monoisotopic (exact) mass is 366 g/mol. The first kappa shape index (κ1) is 19.0. The second kappa shape index (κ2) is 9.26. The number of benzene rings is 1. The third-order valence-electron chi connectivity index (χ3n) is 4.85. The molecule has 1 aromatic heterocycles. The average Bonchev–Trinajstić information content (AvgIpc) is 3.24. The summed E-state index contributed by atoms with van der Waals surface area (Å²) in [7, 11) is 0. The molecular weight excluding hydrogens is 340 g/mol. The van der Waals surface area contributed by atoms with Gasteiger partial charge in [-0.3, -0.25) is 14.6 Å². The number of amides is 2. The highest BCUT2D eigenvalue weighted by molar-refractivity contribution is 5.92. The number of hydrogen-bond acceptors (Lipinski definition) is 4. The van der Waals surface area contributed by atoms with E-state index in [1.165, 1.54) is 6.20 Å². The molecule has 1 aliphatic heterocycles. The van der Waals surface area contributed by atoms with Gasteiger partial charge in [-0.25, -0.2) is 4.98 Å². The Kier molecular flexibility index (Phi) is 6.52. The molecule has 0 radical (unpaired) electrons. The summed E-state index contributed by atoms with van der Waals surface area (Å²) in [6, 6.07) is 10.0. The Morgan fingerprint density at radius 3 is 2.44 bits per heavy atom. The van der Waals surface area contributed by atoms with Crippen molar-refractivity contribution in [3.05, 3.63) is 59.7 Å². The maximum atomic E-state index is 12.9. The van der Waals surface area contributed by atoms with Crippen molar-refractivity contribution < 1.29 is 9.59 Å². The lowest BCUT2D eigenvalue weighted by molar-refractivity contribution is -0.130. The van der Waals surface area contributed by atoms with Gasteiger partial charge in [-0.05, 0) is 31.7 Å². The molecule has 3 rings (SSSR count). The van der Waals surface area contributed by atoms with Crippen LogP contribution in [0.3, 0.4) is 0 Å². The summed E-state index contributed by atoms with van der Waals surface area (Å²) >= 11 is 0. The lowest BCUT2D eigenvalue weighted by atomic mass is 10.1. The third-order valence-corrected chi connectivity index (χ3v) is 4.85. The fourth-order valence-corrected chi connectivity index (χ4v) is 3.24. The SMILES string of the molecule is Cc1cnc(C(=O)N(CCC(=O)N2CCCC2)CCc2ccccc2)cn1. The van der Waals surface area contributed by atoms with Crippen LogP contribution in [0.4, 0.5) is 0 Å². The zero-order chi connectivity index (χ0) is 19.1. The van der Waals surface area contributed by atoms with Gasteiger partial charge in [0.2, 0.25) is 5.91 Å². The average molecular weight is 366 g/mol. The standard InChI is InChI=1S/C21H26N4O2/c1-17-15-23-19(16-22-17)21(27)25(13-9-18-7-3-2-4-8-18)14-10-20(26)24-11-5-6-12-24/h2-4,7-8,15-16H,5-6,9-14H2,1H3. The van der Waals surface area contributed by atoms with Crippen molar-refractivity contribution in [3.8, 4) is 0 Å². The van der Waals surface area contributed by atoms with Crippen LogP contribution in [-0.4, -0.2) is 57.8 Å². The van der Waals surface area contributed by atoms with Gasteiger partial charge < -0.3 is 9.80 Å². The van der Waals surface area contributed by atoms with Crippen LogP contribution >= 0.6 is 0 Å². The van der Waals surface area contributed by atoms with Gasteiger partial charge in [-0.15, -0.1) is 0 Å². The molecular formula is C21H26N4O2.